The first-order valence-electron chi connectivity index (χ1n) is 7.13. The fourth-order valence-corrected chi connectivity index (χ4v) is 2.07. The fourth-order valence-electron chi connectivity index (χ4n) is 2.07. The van der Waals surface area contributed by atoms with E-state index >= 15 is 0 Å². The maximum atomic E-state index is 8.82. The maximum absolute atomic E-state index is 8.82. The Kier molecular flexibility index (Phi) is 4.28. The Morgan fingerprint density at radius 3 is 2.24 bits per heavy atom. The molecule has 1 aromatic carbocycles. The summed E-state index contributed by atoms with van der Waals surface area (Å²) >= 11 is 0. The lowest BCUT2D eigenvalue weighted by molar-refractivity contribution is 0.587. The molecule has 1 atom stereocenters. The van der Waals surface area contributed by atoms with Gasteiger partial charge in [-0.3, -0.25) is 0 Å². The van der Waals surface area contributed by atoms with E-state index in [2.05, 4.69) is 50.1 Å². The third-order valence-corrected chi connectivity index (χ3v) is 3.53. The summed E-state index contributed by atoms with van der Waals surface area (Å²) in [6.07, 6.45) is 1.92. The van der Waals surface area contributed by atoms with E-state index in [9.17, 15) is 0 Å². The molecule has 0 saturated heterocycles. The summed E-state index contributed by atoms with van der Waals surface area (Å²) in [6, 6.07) is 14.0. The minimum atomic E-state index is 0.115. The Morgan fingerprint density at radius 2 is 1.76 bits per heavy atom. The smallest absolute Gasteiger partial charge is 0.126 e. The Bertz CT molecular complexity index is 628. The van der Waals surface area contributed by atoms with Crippen LogP contribution in [0.5, 0.6) is 0 Å². The molecule has 0 bridgehead atoms. The zero-order valence-corrected chi connectivity index (χ0v) is 13.0. The Balaban J connectivity index is 2.08. The van der Waals surface area contributed by atoms with Crippen LogP contribution in [0.15, 0.2) is 42.6 Å². The van der Waals surface area contributed by atoms with E-state index in [4.69, 9.17) is 5.26 Å². The van der Waals surface area contributed by atoms with Gasteiger partial charge in [-0.1, -0.05) is 39.0 Å². The highest BCUT2D eigenvalue weighted by Gasteiger charge is 2.14. The van der Waals surface area contributed by atoms with Gasteiger partial charge in [0.05, 0.1) is 11.6 Å². The van der Waals surface area contributed by atoms with Crippen molar-refractivity contribution in [1.82, 2.24) is 4.98 Å². The number of pyridine rings is 1. The first kappa shape index (κ1) is 15.1. The average Bonchev–Trinajstić information content (AvgIpc) is 2.47. The SMILES string of the molecule is CC(Nc1ccc(C(C)(C)C)cn1)c1ccc(C#N)cc1. The number of rotatable bonds is 3. The van der Waals surface area contributed by atoms with E-state index in [1.165, 1.54) is 5.56 Å². The molecule has 0 aliphatic carbocycles. The molecule has 0 spiro atoms. The van der Waals surface area contributed by atoms with E-state index in [0.29, 0.717) is 5.56 Å². The molecule has 0 saturated carbocycles. The van der Waals surface area contributed by atoms with Crippen molar-refractivity contribution >= 4 is 5.82 Å². The topological polar surface area (TPSA) is 48.7 Å². The molecule has 2 rings (SSSR count). The van der Waals surface area contributed by atoms with Crippen LogP contribution < -0.4 is 5.32 Å². The molecule has 0 amide bonds. The number of nitrogens with zero attached hydrogens (tertiary/aromatic N) is 2. The summed E-state index contributed by atoms with van der Waals surface area (Å²) in [5.74, 6) is 0.861. The van der Waals surface area contributed by atoms with Crippen LogP contribution in [0.4, 0.5) is 5.82 Å². The van der Waals surface area contributed by atoms with Crippen LogP contribution in [0.1, 0.15) is 50.4 Å². The van der Waals surface area contributed by atoms with Gasteiger partial charge in [-0.05, 0) is 41.7 Å². The van der Waals surface area contributed by atoms with Crippen molar-refractivity contribution < 1.29 is 0 Å². The van der Waals surface area contributed by atoms with Crippen LogP contribution >= 0.6 is 0 Å². The zero-order valence-electron chi connectivity index (χ0n) is 13.0. The van der Waals surface area contributed by atoms with Crippen molar-refractivity contribution in [3.8, 4) is 6.07 Å². The van der Waals surface area contributed by atoms with Crippen molar-refractivity contribution in [2.24, 2.45) is 0 Å². The Hall–Kier alpha value is -2.34. The highest BCUT2D eigenvalue weighted by molar-refractivity contribution is 5.41. The zero-order chi connectivity index (χ0) is 15.5. The van der Waals surface area contributed by atoms with Gasteiger partial charge in [0.25, 0.3) is 0 Å². The van der Waals surface area contributed by atoms with Crippen LogP contribution in [0.25, 0.3) is 0 Å². The van der Waals surface area contributed by atoms with Crippen LogP contribution in [0, 0.1) is 11.3 Å². The fraction of sp³-hybridized carbons (Fsp3) is 0.333. The summed E-state index contributed by atoms with van der Waals surface area (Å²) in [5.41, 5.74) is 3.15. The lowest BCUT2D eigenvalue weighted by atomic mass is 9.88. The summed E-state index contributed by atoms with van der Waals surface area (Å²) in [4.78, 5) is 4.48. The van der Waals surface area contributed by atoms with Gasteiger partial charge in [-0.15, -0.1) is 0 Å². The van der Waals surface area contributed by atoms with E-state index in [1.807, 2.05) is 36.5 Å². The quantitative estimate of drug-likeness (QED) is 0.904. The third kappa shape index (κ3) is 3.82. The van der Waals surface area contributed by atoms with E-state index in [-0.39, 0.29) is 11.5 Å². The number of nitriles is 1. The molecule has 2 aromatic rings. The molecular weight excluding hydrogens is 258 g/mol. The van der Waals surface area contributed by atoms with Crippen LogP contribution in [0.2, 0.25) is 0 Å². The Labute approximate surface area is 126 Å². The number of hydrogen-bond acceptors (Lipinski definition) is 3. The minimum absolute atomic E-state index is 0.115. The molecule has 1 unspecified atom stereocenters. The van der Waals surface area contributed by atoms with Crippen molar-refractivity contribution in [3.05, 3.63) is 59.3 Å². The minimum Gasteiger partial charge on any atom is -0.364 e. The van der Waals surface area contributed by atoms with Crippen molar-refractivity contribution in [2.45, 2.75) is 39.2 Å². The van der Waals surface area contributed by atoms with Crippen LogP contribution in [-0.4, -0.2) is 4.98 Å². The summed E-state index contributed by atoms with van der Waals surface area (Å²) < 4.78 is 0. The molecular formula is C18H21N3. The predicted octanol–water partition coefficient (Wildman–Crippen LogP) is 4.42. The van der Waals surface area contributed by atoms with Gasteiger partial charge in [0, 0.05) is 12.2 Å². The summed E-state index contributed by atoms with van der Waals surface area (Å²) in [5, 5.41) is 12.2. The van der Waals surface area contributed by atoms with Crippen LogP contribution in [-0.2, 0) is 5.41 Å². The molecule has 0 aliphatic heterocycles. The second kappa shape index (κ2) is 5.97. The lowest BCUT2D eigenvalue weighted by Gasteiger charge is -2.20. The van der Waals surface area contributed by atoms with E-state index in [1.54, 1.807) is 0 Å². The number of aromatic nitrogens is 1. The third-order valence-electron chi connectivity index (χ3n) is 3.53. The van der Waals surface area contributed by atoms with Gasteiger partial charge in [0.15, 0.2) is 0 Å². The van der Waals surface area contributed by atoms with Gasteiger partial charge in [-0.2, -0.15) is 5.26 Å². The standard InChI is InChI=1S/C18H21N3/c1-13(15-7-5-14(11-19)6-8-15)21-17-10-9-16(12-20-17)18(2,3)4/h5-10,12-13H,1-4H3,(H,20,21). The first-order chi connectivity index (χ1) is 9.90. The highest BCUT2D eigenvalue weighted by atomic mass is 15.0. The predicted molar refractivity (Wildman–Crippen MR) is 86.1 cm³/mol. The Morgan fingerprint density at radius 1 is 1.10 bits per heavy atom. The van der Waals surface area contributed by atoms with E-state index < -0.39 is 0 Å². The molecule has 0 aliphatic rings. The molecule has 1 N–H and O–H groups in total. The van der Waals surface area contributed by atoms with E-state index in [0.717, 1.165) is 11.4 Å². The normalized spacial score (nSPS) is 12.5. The molecule has 21 heavy (non-hydrogen) atoms. The lowest BCUT2D eigenvalue weighted by Crippen LogP contribution is -2.12. The number of benzene rings is 1. The van der Waals surface area contributed by atoms with Gasteiger partial charge in [0.1, 0.15) is 5.82 Å². The molecule has 0 radical (unpaired) electrons. The second-order valence-electron chi connectivity index (χ2n) is 6.28. The number of anilines is 1. The second-order valence-corrected chi connectivity index (χ2v) is 6.28. The van der Waals surface area contributed by atoms with Crippen LogP contribution in [0.3, 0.4) is 0 Å². The molecule has 0 fully saturated rings. The monoisotopic (exact) mass is 279 g/mol. The molecule has 3 heteroatoms. The average molecular weight is 279 g/mol. The van der Waals surface area contributed by atoms with Gasteiger partial charge < -0.3 is 5.32 Å². The van der Waals surface area contributed by atoms with Gasteiger partial charge in [-0.25, -0.2) is 4.98 Å². The van der Waals surface area contributed by atoms with Gasteiger partial charge in [0.2, 0.25) is 0 Å². The maximum Gasteiger partial charge on any atom is 0.126 e. The summed E-state index contributed by atoms with van der Waals surface area (Å²) in [7, 11) is 0. The largest absolute Gasteiger partial charge is 0.364 e. The van der Waals surface area contributed by atoms with Crippen molar-refractivity contribution in [1.29, 1.82) is 5.26 Å². The number of hydrogen-bond donors (Lipinski definition) is 1. The molecule has 1 heterocycles. The first-order valence-corrected chi connectivity index (χ1v) is 7.13. The summed E-state index contributed by atoms with van der Waals surface area (Å²) in [6.45, 7) is 8.62. The molecule has 1 aromatic heterocycles. The van der Waals surface area contributed by atoms with Crippen molar-refractivity contribution in [2.75, 3.05) is 5.32 Å². The number of nitrogens with one attached hydrogen (secondary N) is 1. The van der Waals surface area contributed by atoms with Crippen molar-refractivity contribution in [3.63, 3.8) is 0 Å². The highest BCUT2D eigenvalue weighted by Crippen LogP contribution is 2.23. The molecule has 3 nitrogen and oxygen atoms in total. The van der Waals surface area contributed by atoms with Gasteiger partial charge >= 0.3 is 0 Å². The molecule has 108 valence electrons.